The van der Waals surface area contributed by atoms with Gasteiger partial charge in [0, 0.05) is 11.5 Å². The Kier molecular flexibility index (Phi) is 4.98. The van der Waals surface area contributed by atoms with E-state index in [1.165, 1.54) is 24.7 Å². The molecule has 176 valence electrons. The van der Waals surface area contributed by atoms with E-state index in [-0.39, 0.29) is 17.3 Å². The highest BCUT2D eigenvalue weighted by Crippen LogP contribution is 2.67. The molecular weight excluding hydrogens is 424 g/mol. The van der Waals surface area contributed by atoms with Crippen molar-refractivity contribution in [2.75, 3.05) is 14.2 Å². The topological polar surface area (TPSA) is 52.6 Å². The summed E-state index contributed by atoms with van der Waals surface area (Å²) in [6.07, 6.45) is 7.96. The minimum Gasteiger partial charge on any atom is -0.497 e. The summed E-state index contributed by atoms with van der Waals surface area (Å²) in [5.74, 6) is 3.19. The van der Waals surface area contributed by atoms with Crippen molar-refractivity contribution >= 4 is 17.3 Å². The summed E-state index contributed by atoms with van der Waals surface area (Å²) in [5, 5.41) is 0. The highest BCUT2D eigenvalue weighted by Gasteiger charge is 2.61. The number of carbonyl (C=O) groups is 2. The fourth-order valence-electron chi connectivity index (χ4n) is 8.05. The Morgan fingerprint density at radius 1 is 1.06 bits per heavy atom. The van der Waals surface area contributed by atoms with Crippen molar-refractivity contribution in [3.63, 3.8) is 0 Å². The van der Waals surface area contributed by atoms with Gasteiger partial charge >= 0.3 is 5.97 Å². The molecule has 0 radical (unpaired) electrons. The number of methoxy groups -OCH3 is 2. The third-order valence-electron chi connectivity index (χ3n) is 9.58. The molecular formula is C30H32O4. The lowest BCUT2D eigenvalue weighted by Crippen LogP contribution is -2.44. The maximum Gasteiger partial charge on any atom is 0.337 e. The summed E-state index contributed by atoms with van der Waals surface area (Å²) >= 11 is 0. The van der Waals surface area contributed by atoms with Gasteiger partial charge in [0.15, 0.2) is 5.78 Å². The van der Waals surface area contributed by atoms with Gasteiger partial charge in [-0.2, -0.15) is 0 Å². The largest absolute Gasteiger partial charge is 0.497 e. The molecule has 4 nitrogen and oxygen atoms in total. The smallest absolute Gasteiger partial charge is 0.337 e. The molecule has 2 aromatic rings. The van der Waals surface area contributed by atoms with Crippen molar-refractivity contribution in [2.24, 2.45) is 29.1 Å². The SMILES string of the molecule is COC(=O)c1ccc(C2=C[C@@H]3C[C@H]4[C@@H]5CCc6cc(OC)ccc6[C@H]5CC[C@]4(C)[C@@H]3C2=O)cc1. The first kappa shape index (κ1) is 21.6. The summed E-state index contributed by atoms with van der Waals surface area (Å²) in [6, 6.07) is 13.9. The second-order valence-electron chi connectivity index (χ2n) is 10.9. The molecule has 2 aromatic carbocycles. The molecule has 4 aliphatic rings. The number of fused-ring (bicyclic) bond motifs is 7. The number of esters is 1. The monoisotopic (exact) mass is 456 g/mol. The van der Waals surface area contributed by atoms with Crippen LogP contribution in [0.15, 0.2) is 48.5 Å². The van der Waals surface area contributed by atoms with Crippen LogP contribution >= 0.6 is 0 Å². The number of allylic oxidation sites excluding steroid dienone is 2. The molecule has 6 rings (SSSR count). The average Bonchev–Trinajstić information content (AvgIpc) is 3.36. The van der Waals surface area contributed by atoms with Crippen LogP contribution < -0.4 is 4.74 Å². The Bertz CT molecular complexity index is 1190. The van der Waals surface area contributed by atoms with Gasteiger partial charge in [0.1, 0.15) is 5.75 Å². The normalized spacial score (nSPS) is 33.3. The average molecular weight is 457 g/mol. The maximum absolute atomic E-state index is 13.8. The molecule has 2 saturated carbocycles. The van der Waals surface area contributed by atoms with Gasteiger partial charge in [0.25, 0.3) is 0 Å². The van der Waals surface area contributed by atoms with Crippen molar-refractivity contribution < 1.29 is 19.1 Å². The second-order valence-corrected chi connectivity index (χ2v) is 10.9. The van der Waals surface area contributed by atoms with Crippen LogP contribution in [0.1, 0.15) is 65.6 Å². The van der Waals surface area contributed by atoms with Gasteiger partial charge in [-0.15, -0.1) is 0 Å². The quantitative estimate of drug-likeness (QED) is 0.544. The summed E-state index contributed by atoms with van der Waals surface area (Å²) in [5.41, 5.74) is 5.31. The summed E-state index contributed by atoms with van der Waals surface area (Å²) in [6.45, 7) is 2.40. The molecule has 0 amide bonds. The number of hydrogen-bond donors (Lipinski definition) is 0. The van der Waals surface area contributed by atoms with E-state index in [1.54, 1.807) is 19.2 Å². The third-order valence-corrected chi connectivity index (χ3v) is 9.58. The molecule has 0 saturated heterocycles. The van der Waals surface area contributed by atoms with Crippen molar-refractivity contribution in [2.45, 2.75) is 44.9 Å². The number of ether oxygens (including phenoxy) is 2. The first-order valence-corrected chi connectivity index (χ1v) is 12.6. The molecule has 0 aromatic heterocycles. The van der Waals surface area contributed by atoms with E-state index in [1.807, 2.05) is 12.1 Å². The summed E-state index contributed by atoms with van der Waals surface area (Å²) < 4.78 is 10.3. The van der Waals surface area contributed by atoms with Crippen LogP contribution in [-0.2, 0) is 16.0 Å². The van der Waals surface area contributed by atoms with E-state index in [0.717, 1.165) is 42.6 Å². The molecule has 34 heavy (non-hydrogen) atoms. The second kappa shape index (κ2) is 7.83. The summed E-state index contributed by atoms with van der Waals surface area (Å²) in [4.78, 5) is 25.6. The minimum atomic E-state index is -0.352. The van der Waals surface area contributed by atoms with E-state index < -0.39 is 0 Å². The van der Waals surface area contributed by atoms with Gasteiger partial charge in [0.2, 0.25) is 0 Å². The Balaban J connectivity index is 1.28. The van der Waals surface area contributed by atoms with Gasteiger partial charge in [-0.25, -0.2) is 4.79 Å². The van der Waals surface area contributed by atoms with Crippen LogP contribution in [0, 0.1) is 29.1 Å². The van der Waals surface area contributed by atoms with E-state index in [9.17, 15) is 9.59 Å². The Morgan fingerprint density at radius 3 is 2.59 bits per heavy atom. The Morgan fingerprint density at radius 2 is 1.85 bits per heavy atom. The standard InChI is InChI=1S/C30H32O4/c1-30-13-12-23-22-11-9-21(33-2)14-19(22)8-10-24(23)26(30)16-20-15-25(28(31)27(20)30)17-4-6-18(7-5-17)29(32)34-3/h4-7,9,11,14-15,20,23-24,26-27H,8,10,12-13,16H2,1-3H3/t20-,23-,24-,26+,27+,30+/m1/s1. The zero-order valence-electron chi connectivity index (χ0n) is 20.2. The first-order chi connectivity index (χ1) is 16.4. The zero-order valence-corrected chi connectivity index (χ0v) is 20.2. The maximum atomic E-state index is 13.8. The minimum absolute atomic E-state index is 0.0666. The number of Topliss-reactive ketones (excluding diaryl/α,β-unsaturated/α-hetero) is 1. The summed E-state index contributed by atoms with van der Waals surface area (Å²) in [7, 11) is 3.12. The lowest BCUT2D eigenvalue weighted by Gasteiger charge is -2.50. The van der Waals surface area contributed by atoms with Gasteiger partial charge in [-0.3, -0.25) is 4.79 Å². The van der Waals surface area contributed by atoms with E-state index in [0.29, 0.717) is 35.0 Å². The van der Waals surface area contributed by atoms with Gasteiger partial charge in [-0.1, -0.05) is 31.2 Å². The number of rotatable bonds is 3. The van der Waals surface area contributed by atoms with E-state index in [4.69, 9.17) is 9.47 Å². The highest BCUT2D eigenvalue weighted by atomic mass is 16.5. The van der Waals surface area contributed by atoms with Crippen molar-refractivity contribution in [3.05, 3.63) is 70.8 Å². The molecule has 2 fully saturated rings. The van der Waals surface area contributed by atoms with Crippen molar-refractivity contribution in [3.8, 4) is 5.75 Å². The van der Waals surface area contributed by atoms with Crippen LogP contribution in [0.3, 0.4) is 0 Å². The van der Waals surface area contributed by atoms with E-state index in [2.05, 4.69) is 31.2 Å². The Labute approximate surface area is 201 Å². The number of carbonyl (C=O) groups excluding carboxylic acids is 2. The highest BCUT2D eigenvalue weighted by molar-refractivity contribution is 6.24. The number of hydrogen-bond acceptors (Lipinski definition) is 4. The third kappa shape index (κ3) is 3.03. The van der Waals surface area contributed by atoms with Crippen molar-refractivity contribution in [1.82, 2.24) is 0 Å². The Hall–Kier alpha value is -2.88. The molecule has 6 atom stereocenters. The fraction of sp³-hybridized carbons (Fsp3) is 0.467. The van der Waals surface area contributed by atoms with Gasteiger partial charge < -0.3 is 9.47 Å². The molecule has 0 spiro atoms. The lowest BCUT2D eigenvalue weighted by atomic mass is 9.53. The molecule has 4 heteroatoms. The number of aryl methyl sites for hydroxylation is 1. The lowest BCUT2D eigenvalue weighted by molar-refractivity contribution is -0.122. The van der Waals surface area contributed by atoms with Gasteiger partial charge in [-0.05, 0) is 102 Å². The number of benzene rings is 2. The predicted octanol–water partition coefficient (Wildman–Crippen LogP) is 5.85. The number of ketones is 1. The predicted molar refractivity (Wildman–Crippen MR) is 131 cm³/mol. The fourth-order valence-corrected chi connectivity index (χ4v) is 8.05. The van der Waals surface area contributed by atoms with Crippen LogP contribution in [-0.4, -0.2) is 26.0 Å². The molecule has 4 aliphatic carbocycles. The van der Waals surface area contributed by atoms with Crippen LogP contribution in [0.2, 0.25) is 0 Å². The van der Waals surface area contributed by atoms with E-state index >= 15 is 0 Å². The molecule has 0 bridgehead atoms. The molecule has 0 unspecified atom stereocenters. The molecule has 0 aliphatic heterocycles. The van der Waals surface area contributed by atoms with Crippen LogP contribution in [0.5, 0.6) is 5.75 Å². The van der Waals surface area contributed by atoms with Crippen LogP contribution in [0.25, 0.3) is 5.57 Å². The van der Waals surface area contributed by atoms with Gasteiger partial charge in [0.05, 0.1) is 19.8 Å². The molecule has 0 heterocycles. The first-order valence-electron chi connectivity index (χ1n) is 12.6. The van der Waals surface area contributed by atoms with Crippen molar-refractivity contribution in [1.29, 1.82) is 0 Å². The van der Waals surface area contributed by atoms with Crippen LogP contribution in [0.4, 0.5) is 0 Å². The molecule has 0 N–H and O–H groups in total. The zero-order chi connectivity index (χ0) is 23.6.